The lowest BCUT2D eigenvalue weighted by atomic mass is 9.87. The summed E-state index contributed by atoms with van der Waals surface area (Å²) in [6, 6.07) is 0. The molecule has 15 nitrogen and oxygen atoms in total. The fourth-order valence-electron chi connectivity index (χ4n) is 4.11. The van der Waals surface area contributed by atoms with Crippen LogP contribution in [-0.2, 0) is 37.2 Å². The van der Waals surface area contributed by atoms with Crippen molar-refractivity contribution >= 4 is 52.6 Å². The average molecular weight is 653 g/mol. The molecule has 2 aliphatic rings. The van der Waals surface area contributed by atoms with Crippen molar-refractivity contribution in [1.29, 1.82) is 0 Å². The topological polar surface area (TPSA) is 199 Å². The minimum atomic E-state index is -4.36. The van der Waals surface area contributed by atoms with Gasteiger partial charge in [-0.05, 0) is 29.8 Å². The molecule has 2 aliphatic heterocycles. The molecule has 18 heteroatoms. The number of rotatable bonds is 9. The van der Waals surface area contributed by atoms with E-state index in [4.69, 9.17) is 28.8 Å². The Bertz CT molecular complexity index is 1310. The van der Waals surface area contributed by atoms with E-state index in [2.05, 4.69) is 36.2 Å². The van der Waals surface area contributed by atoms with Crippen LogP contribution in [0.4, 0.5) is 10.2 Å². The molecule has 2 aromatic rings. The van der Waals surface area contributed by atoms with Crippen molar-refractivity contribution < 1.29 is 46.7 Å². The summed E-state index contributed by atoms with van der Waals surface area (Å²) in [7, 11) is -4.36. The Balaban J connectivity index is 1.40. The van der Waals surface area contributed by atoms with Crippen molar-refractivity contribution in [2.24, 2.45) is 5.41 Å². The number of aliphatic hydroxyl groups excluding tert-OH is 1. The van der Waals surface area contributed by atoms with Crippen molar-refractivity contribution in [3.63, 3.8) is 0 Å². The first kappa shape index (κ1) is 30.7. The lowest BCUT2D eigenvalue weighted by molar-refractivity contribution is -0.147. The fraction of sp³-hybridized carbons (Fsp3) is 0.682. The van der Waals surface area contributed by atoms with E-state index in [9.17, 15) is 19.3 Å². The van der Waals surface area contributed by atoms with Crippen LogP contribution < -0.4 is 11.1 Å². The lowest BCUT2D eigenvalue weighted by Gasteiger charge is -2.39. The number of nitrogens with zero attached hydrogens (tertiary/aromatic N) is 4. The largest absolute Gasteiger partial charge is 0.475 e. The number of anilines is 1. The second-order valence-electron chi connectivity index (χ2n) is 10.3. The maximum atomic E-state index is 15.6. The Kier molecular flexibility index (Phi) is 8.86. The molecule has 40 heavy (non-hydrogen) atoms. The number of hydrogen-bond donors (Lipinski definition) is 3. The number of ether oxygens (including phenoxy) is 2. The normalized spacial score (nSPS) is 31.9. The van der Waals surface area contributed by atoms with E-state index in [1.54, 1.807) is 27.7 Å². The number of nitrogens with one attached hydrogen (secondary N) is 1. The van der Waals surface area contributed by atoms with Gasteiger partial charge in [-0.3, -0.25) is 27.7 Å². The van der Waals surface area contributed by atoms with Crippen LogP contribution in [0.3, 0.4) is 0 Å². The highest BCUT2D eigenvalue weighted by Gasteiger charge is 2.58. The molecule has 4 rings (SSSR count). The van der Waals surface area contributed by atoms with Crippen LogP contribution in [0.2, 0.25) is 0 Å². The third-order valence-electron chi connectivity index (χ3n) is 6.19. The number of aliphatic hydroxyl groups is 1. The number of carbonyl (C=O) groups is 2. The molecule has 4 N–H and O–H groups in total. The van der Waals surface area contributed by atoms with Crippen LogP contribution in [0, 0.1) is 5.41 Å². The molecular formula is C22H31BrFN6O9P. The average Bonchev–Trinajstić information content (AvgIpc) is 3.38. The first-order chi connectivity index (χ1) is 18.6. The zero-order chi connectivity index (χ0) is 29.5. The fourth-order valence-corrected chi connectivity index (χ4v) is 6.39. The second kappa shape index (κ2) is 11.5. The van der Waals surface area contributed by atoms with Gasteiger partial charge >= 0.3 is 13.8 Å². The SMILES string of the molecule is CC(C)OC(=O)CCNC(=O)[C@@H]1OP(=O)(OC[C@H]2O[C@@H](n3cnc4c(N)ncnc43)C(F)(Br)C2O)OCC1(C)C. The summed E-state index contributed by atoms with van der Waals surface area (Å²) in [6.45, 7) is 5.91. The monoisotopic (exact) mass is 652 g/mol. The number of nitrogens with two attached hydrogens (primary N) is 1. The minimum absolute atomic E-state index is 0.0286. The Morgan fingerprint density at radius 2 is 2.10 bits per heavy atom. The van der Waals surface area contributed by atoms with E-state index >= 15 is 4.39 Å². The van der Waals surface area contributed by atoms with Gasteiger partial charge in [-0.2, -0.15) is 0 Å². The Hall–Kier alpha value is -2.27. The number of phosphoric acid groups is 1. The van der Waals surface area contributed by atoms with Gasteiger partial charge in [0.2, 0.25) is 10.5 Å². The zero-order valence-electron chi connectivity index (χ0n) is 22.2. The van der Waals surface area contributed by atoms with Crippen molar-refractivity contribution in [1.82, 2.24) is 24.8 Å². The van der Waals surface area contributed by atoms with Crippen LogP contribution in [0.5, 0.6) is 0 Å². The minimum Gasteiger partial charge on any atom is -0.463 e. The molecule has 222 valence electrons. The van der Waals surface area contributed by atoms with Gasteiger partial charge in [0.1, 0.15) is 24.1 Å². The molecule has 3 unspecified atom stereocenters. The van der Waals surface area contributed by atoms with E-state index < -0.39 is 60.8 Å². The Morgan fingerprint density at radius 3 is 2.80 bits per heavy atom. The van der Waals surface area contributed by atoms with Gasteiger partial charge in [-0.25, -0.2) is 23.9 Å². The standard InChI is InChI=1S/C22H31BrFN6O9P/c1-11(2)37-13(31)5-6-26-19(33)16-21(3,4)8-36-40(34,39-16)35-7-12-15(32)22(23,24)20(38-12)30-10-29-14-17(25)27-9-28-18(14)30/h9-12,15-16,20,32H,5-8H2,1-4H3,(H,26,33)(H2,25,27,28)/t12-,15?,16+,20-,22?,40?/m1/s1. The van der Waals surface area contributed by atoms with E-state index in [1.165, 1.54) is 17.2 Å². The highest BCUT2D eigenvalue weighted by Crippen LogP contribution is 2.58. The molecule has 0 aliphatic carbocycles. The van der Waals surface area contributed by atoms with Gasteiger partial charge < -0.3 is 25.6 Å². The third-order valence-corrected chi connectivity index (χ3v) is 8.43. The maximum absolute atomic E-state index is 15.6. The summed E-state index contributed by atoms with van der Waals surface area (Å²) < 4.78 is 54.5. The summed E-state index contributed by atoms with van der Waals surface area (Å²) in [5, 5.41) is 13.2. The van der Waals surface area contributed by atoms with Crippen LogP contribution in [0.1, 0.15) is 40.3 Å². The van der Waals surface area contributed by atoms with Crippen molar-refractivity contribution in [3.8, 4) is 0 Å². The quantitative estimate of drug-likeness (QED) is 0.201. The van der Waals surface area contributed by atoms with Gasteiger partial charge in [0.05, 0.1) is 32.1 Å². The molecule has 0 spiro atoms. The van der Waals surface area contributed by atoms with Gasteiger partial charge in [0, 0.05) is 12.0 Å². The van der Waals surface area contributed by atoms with E-state index in [0.717, 1.165) is 0 Å². The van der Waals surface area contributed by atoms with Crippen LogP contribution in [0.25, 0.3) is 11.2 Å². The van der Waals surface area contributed by atoms with Gasteiger partial charge in [0.15, 0.2) is 23.8 Å². The summed E-state index contributed by atoms with van der Waals surface area (Å²) in [5.74, 6) is -1.05. The first-order valence-corrected chi connectivity index (χ1v) is 14.6. The molecule has 2 saturated heterocycles. The van der Waals surface area contributed by atoms with E-state index in [1.807, 2.05) is 0 Å². The molecule has 2 fully saturated rings. The van der Waals surface area contributed by atoms with Gasteiger partial charge in [-0.15, -0.1) is 0 Å². The molecule has 0 bridgehead atoms. The zero-order valence-corrected chi connectivity index (χ0v) is 24.6. The van der Waals surface area contributed by atoms with Crippen LogP contribution >= 0.6 is 23.8 Å². The Morgan fingerprint density at radius 1 is 1.38 bits per heavy atom. The number of esters is 1. The predicted octanol–water partition coefficient (Wildman–Crippen LogP) is 1.75. The molecule has 0 saturated carbocycles. The molecule has 0 aromatic carbocycles. The molecule has 4 heterocycles. The number of amides is 1. The number of carbonyl (C=O) groups excluding carboxylic acids is 2. The van der Waals surface area contributed by atoms with E-state index in [-0.39, 0.29) is 42.7 Å². The molecule has 6 atom stereocenters. The van der Waals surface area contributed by atoms with E-state index in [0.29, 0.717) is 0 Å². The first-order valence-electron chi connectivity index (χ1n) is 12.3. The number of imidazole rings is 1. The second-order valence-corrected chi connectivity index (χ2v) is 13.1. The van der Waals surface area contributed by atoms with Crippen LogP contribution in [0.15, 0.2) is 12.7 Å². The molecule has 1 amide bonds. The van der Waals surface area contributed by atoms with Crippen molar-refractivity contribution in [2.75, 3.05) is 25.5 Å². The number of halogens is 2. The molecule has 2 aromatic heterocycles. The highest BCUT2D eigenvalue weighted by atomic mass is 79.9. The summed E-state index contributed by atoms with van der Waals surface area (Å²) >= 11 is 2.87. The number of phosphoric ester groups is 1. The van der Waals surface area contributed by atoms with Crippen LogP contribution in [-0.4, -0.2) is 85.3 Å². The summed E-state index contributed by atoms with van der Waals surface area (Å²) in [4.78, 5) is 36.5. The highest BCUT2D eigenvalue weighted by molar-refractivity contribution is 9.10. The van der Waals surface area contributed by atoms with Gasteiger partial charge in [0.25, 0.3) is 0 Å². The maximum Gasteiger partial charge on any atom is 0.475 e. The predicted molar refractivity (Wildman–Crippen MR) is 139 cm³/mol. The van der Waals surface area contributed by atoms with Crippen molar-refractivity contribution in [2.45, 2.75) is 69.3 Å². The third kappa shape index (κ3) is 6.30. The smallest absolute Gasteiger partial charge is 0.463 e. The van der Waals surface area contributed by atoms with Gasteiger partial charge in [-0.1, -0.05) is 13.8 Å². The number of hydrogen-bond acceptors (Lipinski definition) is 13. The van der Waals surface area contributed by atoms with Crippen molar-refractivity contribution in [3.05, 3.63) is 12.7 Å². The number of fused-ring (bicyclic) bond motifs is 1. The lowest BCUT2D eigenvalue weighted by Crippen LogP contribution is -2.50. The number of aromatic nitrogens is 4. The number of nitrogen functional groups attached to an aromatic ring is 1. The summed E-state index contributed by atoms with van der Waals surface area (Å²) in [5.41, 5.74) is 5.25. The summed E-state index contributed by atoms with van der Waals surface area (Å²) in [6.07, 6.45) is -3.84. The number of alkyl halides is 2. The Labute approximate surface area is 237 Å². The molecule has 0 radical (unpaired) electrons. The molecular weight excluding hydrogens is 622 g/mol.